The lowest BCUT2D eigenvalue weighted by atomic mass is 10.0. The van der Waals surface area contributed by atoms with E-state index in [9.17, 15) is 9.18 Å². The second kappa shape index (κ2) is 5.59. The molecule has 4 aromatic rings. The van der Waals surface area contributed by atoms with Crippen LogP contribution in [0.4, 0.5) is 15.0 Å². The van der Waals surface area contributed by atoms with Crippen molar-refractivity contribution in [2.24, 2.45) is 0 Å². The summed E-state index contributed by atoms with van der Waals surface area (Å²) in [7, 11) is 0. The first-order valence-electron chi connectivity index (χ1n) is 8.47. The van der Waals surface area contributed by atoms with Gasteiger partial charge in [-0.1, -0.05) is 12.1 Å². The van der Waals surface area contributed by atoms with Crippen LogP contribution in [-0.2, 0) is 13.0 Å². The van der Waals surface area contributed by atoms with E-state index in [4.69, 9.17) is 0 Å². The number of nitrogens with zero attached hydrogens (tertiary/aromatic N) is 2. The first-order valence-corrected chi connectivity index (χ1v) is 8.47. The first-order chi connectivity index (χ1) is 12.7. The Morgan fingerprint density at radius 1 is 1.15 bits per heavy atom. The van der Waals surface area contributed by atoms with Gasteiger partial charge in [0.05, 0.1) is 12.1 Å². The number of hydrogen-bond acceptors (Lipinski definition) is 2. The third-order valence-electron chi connectivity index (χ3n) is 4.92. The fraction of sp³-hybridized carbons (Fsp3) is 0.158. The van der Waals surface area contributed by atoms with Crippen molar-refractivity contribution < 1.29 is 9.18 Å². The number of carbonyl (C=O) groups is 1. The van der Waals surface area contributed by atoms with Crippen molar-refractivity contribution in [2.45, 2.75) is 13.0 Å². The lowest BCUT2D eigenvalue weighted by molar-refractivity contribution is 0.206. The molecular weight excluding hydrogens is 333 g/mol. The summed E-state index contributed by atoms with van der Waals surface area (Å²) in [6.45, 7) is 1.03. The number of rotatable bonds is 1. The van der Waals surface area contributed by atoms with Gasteiger partial charge in [-0.05, 0) is 42.3 Å². The molecule has 5 rings (SSSR count). The maximum absolute atomic E-state index is 13.5. The Kier molecular flexibility index (Phi) is 3.21. The van der Waals surface area contributed by atoms with Crippen LogP contribution in [0.2, 0.25) is 0 Å². The van der Waals surface area contributed by atoms with Crippen LogP contribution in [0.3, 0.4) is 0 Å². The van der Waals surface area contributed by atoms with E-state index in [-0.39, 0.29) is 11.8 Å². The molecule has 1 aliphatic heterocycles. The fourth-order valence-corrected chi connectivity index (χ4v) is 3.63. The Hall–Kier alpha value is -3.35. The topological polar surface area (TPSA) is 76.8 Å². The number of aromatic amines is 2. The summed E-state index contributed by atoms with van der Waals surface area (Å²) in [6.07, 6.45) is 0.688. The summed E-state index contributed by atoms with van der Waals surface area (Å²) in [6, 6.07) is 12.2. The van der Waals surface area contributed by atoms with Crippen LogP contribution in [0.5, 0.6) is 0 Å². The van der Waals surface area contributed by atoms with Crippen LogP contribution >= 0.6 is 0 Å². The molecule has 6 nitrogen and oxygen atoms in total. The lowest BCUT2D eigenvalue weighted by Crippen LogP contribution is -2.38. The number of H-pyrrole nitrogens is 2. The van der Waals surface area contributed by atoms with E-state index in [1.165, 1.54) is 6.07 Å². The molecular formula is C19H16FN5O. The van der Waals surface area contributed by atoms with Crippen LogP contribution in [0.1, 0.15) is 11.3 Å². The van der Waals surface area contributed by atoms with Crippen molar-refractivity contribution in [1.29, 1.82) is 0 Å². The minimum absolute atomic E-state index is 0.197. The van der Waals surface area contributed by atoms with Gasteiger partial charge in [0.2, 0.25) is 0 Å². The summed E-state index contributed by atoms with van der Waals surface area (Å²) < 4.78 is 13.5. The van der Waals surface area contributed by atoms with E-state index < -0.39 is 0 Å². The fourth-order valence-electron chi connectivity index (χ4n) is 3.63. The monoisotopic (exact) mass is 349 g/mol. The molecule has 26 heavy (non-hydrogen) atoms. The molecule has 0 radical (unpaired) electrons. The lowest BCUT2D eigenvalue weighted by Gasteiger charge is -2.27. The molecule has 7 heteroatoms. The number of aromatic nitrogens is 3. The number of benzene rings is 2. The highest BCUT2D eigenvalue weighted by atomic mass is 19.1. The molecule has 2 aromatic heterocycles. The maximum Gasteiger partial charge on any atom is 0.323 e. The smallest absolute Gasteiger partial charge is 0.323 e. The van der Waals surface area contributed by atoms with E-state index in [0.29, 0.717) is 25.3 Å². The summed E-state index contributed by atoms with van der Waals surface area (Å²) in [5.41, 5.74) is 3.82. The molecule has 0 aliphatic carbocycles. The van der Waals surface area contributed by atoms with E-state index in [1.54, 1.807) is 17.0 Å². The number of fused-ring (bicyclic) bond motifs is 4. The van der Waals surface area contributed by atoms with E-state index in [0.717, 1.165) is 33.1 Å². The molecule has 3 heterocycles. The van der Waals surface area contributed by atoms with Gasteiger partial charge in [-0.3, -0.25) is 10.4 Å². The van der Waals surface area contributed by atoms with Crippen LogP contribution in [0.25, 0.3) is 21.8 Å². The molecule has 0 saturated heterocycles. The third kappa shape index (κ3) is 2.32. The second-order valence-corrected chi connectivity index (χ2v) is 6.49. The van der Waals surface area contributed by atoms with Gasteiger partial charge in [-0.25, -0.2) is 9.18 Å². The summed E-state index contributed by atoms with van der Waals surface area (Å²) in [4.78, 5) is 17.7. The first kappa shape index (κ1) is 14.9. The minimum Gasteiger partial charge on any atom is -0.357 e. The van der Waals surface area contributed by atoms with Gasteiger partial charge in [-0.2, -0.15) is 5.10 Å². The molecule has 1 aliphatic rings. The van der Waals surface area contributed by atoms with E-state index in [1.807, 2.05) is 24.3 Å². The number of amides is 2. The normalized spacial score (nSPS) is 14.0. The maximum atomic E-state index is 13.5. The predicted molar refractivity (Wildman–Crippen MR) is 97.5 cm³/mol. The Morgan fingerprint density at radius 3 is 2.96 bits per heavy atom. The van der Waals surface area contributed by atoms with Gasteiger partial charge in [-0.15, -0.1) is 0 Å². The van der Waals surface area contributed by atoms with Crippen LogP contribution in [-0.4, -0.2) is 32.7 Å². The number of para-hydroxylation sites is 1. The van der Waals surface area contributed by atoms with Crippen LogP contribution in [0, 0.1) is 5.82 Å². The predicted octanol–water partition coefficient (Wildman–Crippen LogP) is 3.77. The van der Waals surface area contributed by atoms with Gasteiger partial charge in [0.1, 0.15) is 5.82 Å². The molecule has 0 bridgehead atoms. The van der Waals surface area contributed by atoms with E-state index in [2.05, 4.69) is 20.5 Å². The number of carbonyl (C=O) groups excluding carboxylic acids is 1. The molecule has 0 atom stereocenters. The molecule has 3 N–H and O–H groups in total. The zero-order chi connectivity index (χ0) is 17.7. The molecule has 0 spiro atoms. The molecule has 2 aromatic carbocycles. The summed E-state index contributed by atoms with van der Waals surface area (Å²) >= 11 is 0. The zero-order valence-electron chi connectivity index (χ0n) is 13.8. The van der Waals surface area contributed by atoms with Gasteiger partial charge < -0.3 is 9.88 Å². The van der Waals surface area contributed by atoms with Crippen molar-refractivity contribution in [1.82, 2.24) is 20.1 Å². The van der Waals surface area contributed by atoms with Crippen LogP contribution < -0.4 is 5.32 Å². The molecule has 130 valence electrons. The number of hydrogen-bond donors (Lipinski definition) is 3. The van der Waals surface area contributed by atoms with Crippen LogP contribution in [0.15, 0.2) is 42.5 Å². The number of urea groups is 1. The quantitative estimate of drug-likeness (QED) is 0.489. The van der Waals surface area contributed by atoms with Gasteiger partial charge in [0.15, 0.2) is 5.82 Å². The SMILES string of the molecule is O=C(Nc1n[nH]c2ccccc12)N1CCc2c([nH]c3ccc(F)cc23)C1. The van der Waals surface area contributed by atoms with Crippen molar-refractivity contribution in [3.05, 3.63) is 59.5 Å². The Labute approximate surface area is 148 Å². The molecule has 0 unspecified atom stereocenters. The Balaban J connectivity index is 1.40. The number of halogens is 1. The standard InChI is InChI=1S/C19H16FN5O/c20-11-5-6-15-14(9-11)12-7-8-25(10-17(12)21-15)19(26)22-18-13-3-1-2-4-16(13)23-24-18/h1-6,9,21H,7-8,10H2,(H2,22,23,24,26). The van der Waals surface area contributed by atoms with Crippen molar-refractivity contribution in [2.75, 3.05) is 11.9 Å². The number of anilines is 1. The Morgan fingerprint density at radius 2 is 2.04 bits per heavy atom. The van der Waals surface area contributed by atoms with Crippen molar-refractivity contribution >= 4 is 33.7 Å². The largest absolute Gasteiger partial charge is 0.357 e. The average molecular weight is 349 g/mol. The minimum atomic E-state index is -0.245. The average Bonchev–Trinajstić information content (AvgIpc) is 3.22. The highest BCUT2D eigenvalue weighted by Gasteiger charge is 2.24. The highest BCUT2D eigenvalue weighted by molar-refractivity contribution is 5.99. The second-order valence-electron chi connectivity index (χ2n) is 6.49. The third-order valence-corrected chi connectivity index (χ3v) is 4.92. The van der Waals surface area contributed by atoms with Gasteiger partial charge in [0, 0.05) is 28.5 Å². The van der Waals surface area contributed by atoms with Gasteiger partial charge >= 0.3 is 6.03 Å². The van der Waals surface area contributed by atoms with Crippen molar-refractivity contribution in [3.63, 3.8) is 0 Å². The molecule has 0 fully saturated rings. The molecule has 0 saturated carbocycles. The summed E-state index contributed by atoms with van der Waals surface area (Å²) in [5.74, 6) is 0.278. The van der Waals surface area contributed by atoms with Gasteiger partial charge in [0.25, 0.3) is 0 Å². The highest BCUT2D eigenvalue weighted by Crippen LogP contribution is 2.28. The molecule has 2 amide bonds. The van der Waals surface area contributed by atoms with Crippen molar-refractivity contribution in [3.8, 4) is 0 Å². The van der Waals surface area contributed by atoms with E-state index >= 15 is 0 Å². The Bertz CT molecular complexity index is 1150. The summed E-state index contributed by atoms with van der Waals surface area (Å²) in [5, 5.41) is 11.8. The zero-order valence-corrected chi connectivity index (χ0v) is 13.8. The number of nitrogens with one attached hydrogen (secondary N) is 3.